The van der Waals surface area contributed by atoms with E-state index in [9.17, 15) is 0 Å². The van der Waals surface area contributed by atoms with Crippen LogP contribution in [-0.2, 0) is 0 Å². The number of hydrogen-bond donors (Lipinski definition) is 0. The van der Waals surface area contributed by atoms with Crippen LogP contribution < -0.4 is 0 Å². The molecule has 0 saturated carbocycles. The molecule has 0 amide bonds. The normalized spacial score (nSPS) is 8.00. The van der Waals surface area contributed by atoms with Gasteiger partial charge in [0.25, 0.3) is 0 Å². The summed E-state index contributed by atoms with van der Waals surface area (Å²) in [7, 11) is 0. The van der Waals surface area contributed by atoms with Gasteiger partial charge in [-0.05, 0) is 172 Å². The van der Waals surface area contributed by atoms with Gasteiger partial charge < -0.3 is 0 Å². The molecule has 7 aromatic rings. The molecule has 70 heavy (non-hydrogen) atoms. The molecule has 0 saturated heterocycles. The smallest absolute Gasteiger partial charge is 0.115 e. The van der Waals surface area contributed by atoms with Crippen LogP contribution in [-0.4, -0.2) is 50.1 Å². The van der Waals surface area contributed by atoms with Gasteiger partial charge >= 0.3 is 0 Å². The minimum Gasteiger partial charge on any atom is -0.264 e. The molecule has 0 aromatic carbocycles. The maximum atomic E-state index is 4.08. The van der Waals surface area contributed by atoms with Crippen molar-refractivity contribution < 1.29 is 0 Å². The van der Waals surface area contributed by atoms with Crippen molar-refractivity contribution in [2.45, 2.75) is 194 Å². The Morgan fingerprint density at radius 1 is 0.243 bits per heavy atom. The third-order valence-corrected chi connectivity index (χ3v) is 8.60. The first-order chi connectivity index (χ1) is 33.6. The number of pyridine rings is 4. The Morgan fingerprint density at radius 2 is 0.557 bits per heavy atom. The maximum Gasteiger partial charge on any atom is 0.115 e. The quantitative estimate of drug-likeness (QED) is 0.145. The Hall–Kier alpha value is -6.16. The van der Waals surface area contributed by atoms with Crippen molar-refractivity contribution in [3.8, 4) is 0 Å². The Labute approximate surface area is 431 Å². The Morgan fingerprint density at radius 3 is 0.757 bits per heavy atom. The molecule has 10 nitrogen and oxygen atoms in total. The van der Waals surface area contributed by atoms with Gasteiger partial charge in [0.15, 0.2) is 0 Å². The van der Waals surface area contributed by atoms with Crippen molar-refractivity contribution in [1.82, 2.24) is 50.1 Å². The highest BCUT2D eigenvalue weighted by Crippen LogP contribution is 2.02. The van der Waals surface area contributed by atoms with E-state index in [1.807, 2.05) is 226 Å². The van der Waals surface area contributed by atoms with Crippen molar-refractivity contribution in [2.75, 3.05) is 0 Å². The summed E-state index contributed by atoms with van der Waals surface area (Å²) in [5.74, 6) is 0. The molecule has 7 rings (SSSR count). The lowest BCUT2D eigenvalue weighted by Crippen LogP contribution is -1.87. The minimum atomic E-state index is 1.01. The molecule has 7 heterocycles. The van der Waals surface area contributed by atoms with Gasteiger partial charge in [-0.15, -0.1) is 0 Å². The van der Waals surface area contributed by atoms with Crippen LogP contribution in [0.4, 0.5) is 0 Å². The van der Waals surface area contributed by atoms with Crippen LogP contribution >= 0.6 is 0 Å². The number of rotatable bonds is 0. The lowest BCUT2D eigenvalue weighted by molar-refractivity contribution is 0.961. The maximum absolute atomic E-state index is 4.08. The van der Waals surface area contributed by atoms with Gasteiger partial charge in [0.05, 0.1) is 17.1 Å². The topological polar surface area (TPSA) is 129 Å². The standard InChI is InChI=1S/4C7H9N.3C6H8N2.7C2H6/c2*1-6-3-4-8-5-7(6)2;2*1-6-4-3-5-8-7(6)2;1-5-3-7-4-8-6(5)2;1-5-6(2)8-4-3-7-5;1-5-3-4-7-8-6(5)2;7*1-2/h4*3-5H,1-2H3;3*3-4H,1-2H3;7*1-2H3. The SMILES string of the molecule is CC.CC.CC.CC.CC.CC.CC.Cc1cccnc1C.Cc1cccnc1C.Cc1ccncc1C.Cc1ccncc1C.Cc1ccnnc1C.Cc1cncnc1C.Cc1nccnc1C. The fourth-order valence-electron chi connectivity index (χ4n) is 3.62. The van der Waals surface area contributed by atoms with Crippen LogP contribution in [0.15, 0.2) is 111 Å². The van der Waals surface area contributed by atoms with E-state index in [-0.39, 0.29) is 0 Å². The number of hydrogen-bond acceptors (Lipinski definition) is 10. The molecule has 0 atom stereocenters. The van der Waals surface area contributed by atoms with Crippen LogP contribution in [0.3, 0.4) is 0 Å². The van der Waals surface area contributed by atoms with E-state index in [1.54, 1.807) is 24.9 Å². The molecule has 0 aliphatic rings. The van der Waals surface area contributed by atoms with E-state index in [4.69, 9.17) is 0 Å². The number of nitrogens with zero attached hydrogens (tertiary/aromatic N) is 10. The Bertz CT molecular complexity index is 1560. The first-order valence-corrected chi connectivity index (χ1v) is 25.4. The van der Waals surface area contributed by atoms with E-state index in [1.165, 1.54) is 38.9 Å². The molecule has 0 fully saturated rings. The summed E-state index contributed by atoms with van der Waals surface area (Å²) in [6, 6.07) is 14.0. The van der Waals surface area contributed by atoms with E-state index in [0.717, 1.165) is 39.7 Å². The zero-order valence-electron chi connectivity index (χ0n) is 49.9. The van der Waals surface area contributed by atoms with Crippen LogP contribution in [0.25, 0.3) is 0 Å². The largest absolute Gasteiger partial charge is 0.264 e. The zero-order valence-corrected chi connectivity index (χ0v) is 49.9. The third kappa shape index (κ3) is 45.6. The first-order valence-electron chi connectivity index (χ1n) is 25.4. The summed E-state index contributed by atoms with van der Waals surface area (Å²) in [5, 5.41) is 7.52. The summed E-state index contributed by atoms with van der Waals surface area (Å²) in [6.45, 7) is 56.2. The average molecular weight is 964 g/mol. The van der Waals surface area contributed by atoms with Crippen molar-refractivity contribution in [1.29, 1.82) is 0 Å². The van der Waals surface area contributed by atoms with E-state index in [2.05, 4.69) is 104 Å². The number of aromatic nitrogens is 10. The predicted octanol–water partition coefficient (Wildman–Crippen LogP) is 17.3. The van der Waals surface area contributed by atoms with Gasteiger partial charge in [0.2, 0.25) is 0 Å². The molecule has 0 aliphatic carbocycles. The molecule has 7 aromatic heterocycles. The van der Waals surface area contributed by atoms with E-state index in [0.29, 0.717) is 0 Å². The number of aryl methyl sites for hydroxylation is 14. The second-order valence-corrected chi connectivity index (χ2v) is 13.0. The first kappa shape index (κ1) is 78.0. The van der Waals surface area contributed by atoms with Crippen molar-refractivity contribution in [2.24, 2.45) is 0 Å². The molecule has 0 aliphatic heterocycles. The summed E-state index contributed by atoms with van der Waals surface area (Å²) >= 11 is 0. The highest BCUT2D eigenvalue weighted by atomic mass is 15.1. The minimum absolute atomic E-state index is 1.01. The summed E-state index contributed by atoms with van der Waals surface area (Å²) < 4.78 is 0. The van der Waals surface area contributed by atoms with Crippen LogP contribution in [0.1, 0.15) is 176 Å². The monoisotopic (exact) mass is 963 g/mol. The van der Waals surface area contributed by atoms with Gasteiger partial charge in [-0.3, -0.25) is 29.9 Å². The van der Waals surface area contributed by atoms with Gasteiger partial charge in [0.1, 0.15) is 6.33 Å². The molecule has 10 heteroatoms. The van der Waals surface area contributed by atoms with Gasteiger partial charge in [-0.25, -0.2) is 9.97 Å². The molecular formula is C60H102N10. The molecule has 0 spiro atoms. The average Bonchev–Trinajstić information content (AvgIpc) is 3.41. The highest BCUT2D eigenvalue weighted by molar-refractivity contribution is 5.20. The lowest BCUT2D eigenvalue weighted by atomic mass is 10.2. The molecular weight excluding hydrogens is 861 g/mol. The lowest BCUT2D eigenvalue weighted by Gasteiger charge is -1.92. The van der Waals surface area contributed by atoms with Gasteiger partial charge in [-0.1, -0.05) is 109 Å². The van der Waals surface area contributed by atoms with Gasteiger partial charge in [0, 0.05) is 79.1 Å². The molecule has 0 unspecified atom stereocenters. The van der Waals surface area contributed by atoms with Crippen LogP contribution in [0.5, 0.6) is 0 Å². The molecule has 392 valence electrons. The predicted molar refractivity (Wildman–Crippen MR) is 309 cm³/mol. The van der Waals surface area contributed by atoms with Crippen molar-refractivity contribution in [3.05, 3.63) is 189 Å². The Balaban J connectivity index is -0.000000127. The fraction of sp³-hybridized carbons (Fsp3) is 0.467. The van der Waals surface area contributed by atoms with Crippen molar-refractivity contribution in [3.63, 3.8) is 0 Å². The van der Waals surface area contributed by atoms with E-state index >= 15 is 0 Å². The highest BCUT2D eigenvalue weighted by Gasteiger charge is 1.90. The Kier molecular flexibility index (Phi) is 65.7. The summed E-state index contributed by atoms with van der Waals surface area (Å²) in [6.07, 6.45) is 19.4. The molecule has 0 N–H and O–H groups in total. The third-order valence-electron chi connectivity index (χ3n) is 8.60. The van der Waals surface area contributed by atoms with Crippen LogP contribution in [0.2, 0.25) is 0 Å². The fourth-order valence-corrected chi connectivity index (χ4v) is 3.62. The second kappa shape index (κ2) is 59.0. The summed E-state index contributed by atoms with van der Waals surface area (Å²) in [5.41, 5.74) is 16.3. The molecule has 0 bridgehead atoms. The van der Waals surface area contributed by atoms with Crippen molar-refractivity contribution >= 4 is 0 Å². The summed E-state index contributed by atoms with van der Waals surface area (Å²) in [4.78, 5) is 31.9. The second-order valence-electron chi connectivity index (χ2n) is 13.0. The van der Waals surface area contributed by atoms with Gasteiger partial charge in [-0.2, -0.15) is 10.2 Å². The van der Waals surface area contributed by atoms with E-state index < -0.39 is 0 Å². The van der Waals surface area contributed by atoms with Crippen LogP contribution in [0, 0.1) is 96.9 Å². The zero-order chi connectivity index (χ0) is 55.9. The molecule has 0 radical (unpaired) electrons.